The number of methoxy groups -OCH3 is 1. The molecule has 0 radical (unpaired) electrons. The van der Waals surface area contributed by atoms with Crippen LogP contribution in [0.15, 0.2) is 64.2 Å². The zero-order valence-electron chi connectivity index (χ0n) is 26.3. The molecule has 0 spiro atoms. The van der Waals surface area contributed by atoms with Crippen molar-refractivity contribution < 1.29 is 14.6 Å². The molecule has 3 N–H and O–H groups in total. The van der Waals surface area contributed by atoms with Crippen molar-refractivity contribution in [1.82, 2.24) is 24.4 Å². The Morgan fingerprint density at radius 1 is 1.00 bits per heavy atom. The molecular weight excluding hydrogens is 643 g/mol. The quantitative estimate of drug-likeness (QED) is 0.208. The molecule has 0 aliphatic carbocycles. The van der Waals surface area contributed by atoms with Gasteiger partial charge in [0, 0.05) is 61.2 Å². The number of ether oxygens (including phenoxy) is 2. The summed E-state index contributed by atoms with van der Waals surface area (Å²) in [5.74, 6) is 0.732. The SMILES string of the molecule is COc1nc(-c2cccc(-c3cccc(Nc4nc(C)cc5c4c(=O)n(C)c(=O)n5C)c3Cl)c2Cl)ccc1CN[C@H]1CCOC[C@H]1O. The predicted molar refractivity (Wildman–Crippen MR) is 184 cm³/mol. The van der Waals surface area contributed by atoms with Crippen molar-refractivity contribution in [3.8, 4) is 28.3 Å². The molecular formula is C34H34Cl2N6O5. The molecule has 1 fully saturated rings. The first-order valence-corrected chi connectivity index (χ1v) is 15.8. The monoisotopic (exact) mass is 676 g/mol. The Morgan fingerprint density at radius 3 is 2.47 bits per heavy atom. The number of hydrogen-bond donors (Lipinski definition) is 3. The molecule has 3 aromatic heterocycles. The van der Waals surface area contributed by atoms with Crippen molar-refractivity contribution in [2.75, 3.05) is 25.6 Å². The maximum absolute atomic E-state index is 13.2. The maximum atomic E-state index is 13.2. The van der Waals surface area contributed by atoms with Crippen LogP contribution in [0, 0.1) is 6.92 Å². The fourth-order valence-corrected chi connectivity index (χ4v) is 6.44. The van der Waals surface area contributed by atoms with E-state index >= 15 is 0 Å². The lowest BCUT2D eigenvalue weighted by Gasteiger charge is -2.28. The van der Waals surface area contributed by atoms with Gasteiger partial charge in [-0.1, -0.05) is 59.6 Å². The van der Waals surface area contributed by atoms with Crippen LogP contribution >= 0.6 is 23.2 Å². The van der Waals surface area contributed by atoms with E-state index in [1.165, 1.54) is 11.6 Å². The van der Waals surface area contributed by atoms with Gasteiger partial charge in [0.15, 0.2) is 0 Å². The summed E-state index contributed by atoms with van der Waals surface area (Å²) in [4.78, 5) is 35.1. The highest BCUT2D eigenvalue weighted by Crippen LogP contribution is 2.42. The maximum Gasteiger partial charge on any atom is 0.330 e. The van der Waals surface area contributed by atoms with Gasteiger partial charge < -0.3 is 25.2 Å². The molecule has 47 heavy (non-hydrogen) atoms. The highest BCUT2D eigenvalue weighted by Gasteiger charge is 2.24. The van der Waals surface area contributed by atoms with Gasteiger partial charge in [0.25, 0.3) is 5.56 Å². The third-order valence-electron chi connectivity index (χ3n) is 8.41. The number of halogens is 2. The molecule has 0 amide bonds. The van der Waals surface area contributed by atoms with E-state index in [-0.39, 0.29) is 17.2 Å². The van der Waals surface area contributed by atoms with Crippen LogP contribution in [-0.4, -0.2) is 56.7 Å². The predicted octanol–water partition coefficient (Wildman–Crippen LogP) is 4.97. The standard InChI is InChI=1S/C34H34Cl2N6O5/c1-18-15-26-28(33(44)42(3)34(45)41(26)2)31(38-18)39-25-10-6-8-21(30(25)36)20-7-5-9-22(29(20)35)23-12-11-19(32(40-23)46-4)16-37-24-13-14-47-17-27(24)43/h5-12,15,24,27,37,43H,13-14,16-17H2,1-4H3,(H,38,39)/t24-,27+/m0/s1. The Kier molecular flexibility index (Phi) is 9.36. The summed E-state index contributed by atoms with van der Waals surface area (Å²) in [6.45, 7) is 3.17. The lowest BCUT2D eigenvalue weighted by molar-refractivity contribution is -0.0281. The molecule has 244 valence electrons. The molecule has 0 saturated carbocycles. The number of nitrogens with zero attached hydrogens (tertiary/aromatic N) is 4. The molecule has 2 aromatic carbocycles. The summed E-state index contributed by atoms with van der Waals surface area (Å²) >= 11 is 14.0. The zero-order chi connectivity index (χ0) is 33.4. The van der Waals surface area contributed by atoms with Crippen LogP contribution < -0.4 is 26.6 Å². The van der Waals surface area contributed by atoms with Crippen LogP contribution in [0.4, 0.5) is 11.5 Å². The first kappa shape index (κ1) is 32.7. The molecule has 6 rings (SSSR count). The Bertz CT molecular complexity index is 2110. The van der Waals surface area contributed by atoms with E-state index in [1.807, 2.05) is 42.5 Å². The van der Waals surface area contributed by atoms with Gasteiger partial charge in [-0.3, -0.25) is 13.9 Å². The summed E-state index contributed by atoms with van der Waals surface area (Å²) in [5.41, 5.74) is 4.18. The normalized spacial score (nSPS) is 16.4. The molecule has 5 aromatic rings. The summed E-state index contributed by atoms with van der Waals surface area (Å²) in [6, 6.07) is 16.5. The first-order chi connectivity index (χ1) is 22.6. The second-order valence-corrected chi connectivity index (χ2v) is 12.2. The van der Waals surface area contributed by atoms with E-state index in [4.69, 9.17) is 37.7 Å². The number of aliphatic hydroxyl groups is 1. The summed E-state index contributed by atoms with van der Waals surface area (Å²) in [7, 11) is 4.62. The van der Waals surface area contributed by atoms with Crippen LogP contribution in [0.25, 0.3) is 33.3 Å². The van der Waals surface area contributed by atoms with E-state index in [0.29, 0.717) is 81.4 Å². The van der Waals surface area contributed by atoms with Gasteiger partial charge in [0.2, 0.25) is 5.88 Å². The van der Waals surface area contributed by atoms with Crippen molar-refractivity contribution in [2.45, 2.75) is 32.0 Å². The highest BCUT2D eigenvalue weighted by molar-refractivity contribution is 6.39. The molecule has 0 unspecified atom stereocenters. The van der Waals surface area contributed by atoms with Gasteiger partial charge in [-0.15, -0.1) is 0 Å². The summed E-state index contributed by atoms with van der Waals surface area (Å²) in [5, 5.41) is 17.9. The topological polar surface area (TPSA) is 133 Å². The van der Waals surface area contributed by atoms with Crippen molar-refractivity contribution >= 4 is 45.6 Å². The number of hydrogen-bond acceptors (Lipinski definition) is 9. The molecule has 11 nitrogen and oxygen atoms in total. The van der Waals surface area contributed by atoms with Crippen LogP contribution in [0.1, 0.15) is 17.7 Å². The third-order valence-corrected chi connectivity index (χ3v) is 9.22. The van der Waals surface area contributed by atoms with Crippen LogP contribution in [0.5, 0.6) is 5.88 Å². The number of anilines is 2. The number of aryl methyl sites for hydroxylation is 2. The molecule has 1 aliphatic rings. The fraction of sp³-hybridized carbons (Fsp3) is 0.294. The van der Waals surface area contributed by atoms with E-state index in [0.717, 1.165) is 10.1 Å². The highest BCUT2D eigenvalue weighted by atomic mass is 35.5. The number of fused-ring (bicyclic) bond motifs is 1. The Morgan fingerprint density at radius 2 is 1.72 bits per heavy atom. The van der Waals surface area contributed by atoms with E-state index in [1.54, 1.807) is 33.2 Å². The van der Waals surface area contributed by atoms with Gasteiger partial charge in [0.05, 0.1) is 46.8 Å². The average molecular weight is 678 g/mol. The second-order valence-electron chi connectivity index (χ2n) is 11.5. The smallest absolute Gasteiger partial charge is 0.330 e. The number of aliphatic hydroxyl groups excluding tert-OH is 1. The Hall–Kier alpha value is -4.26. The zero-order valence-corrected chi connectivity index (χ0v) is 27.8. The average Bonchev–Trinajstić information content (AvgIpc) is 3.07. The van der Waals surface area contributed by atoms with Crippen LogP contribution in [-0.2, 0) is 25.4 Å². The van der Waals surface area contributed by atoms with Gasteiger partial charge >= 0.3 is 5.69 Å². The number of pyridine rings is 2. The molecule has 1 aliphatic heterocycles. The van der Waals surface area contributed by atoms with Gasteiger partial charge in [-0.2, -0.15) is 0 Å². The van der Waals surface area contributed by atoms with Crippen molar-refractivity contribution in [3.63, 3.8) is 0 Å². The lowest BCUT2D eigenvalue weighted by Crippen LogP contribution is -2.46. The first-order valence-electron chi connectivity index (χ1n) is 15.0. The minimum absolute atomic E-state index is 0.0752. The third kappa shape index (κ3) is 6.24. The summed E-state index contributed by atoms with van der Waals surface area (Å²) in [6.07, 6.45) is 0.146. The molecule has 4 heterocycles. The largest absolute Gasteiger partial charge is 0.481 e. The van der Waals surface area contributed by atoms with Crippen molar-refractivity contribution in [1.29, 1.82) is 0 Å². The minimum Gasteiger partial charge on any atom is -0.481 e. The molecule has 2 atom stereocenters. The fourth-order valence-electron chi connectivity index (χ4n) is 5.84. The van der Waals surface area contributed by atoms with E-state index < -0.39 is 17.4 Å². The molecule has 13 heteroatoms. The number of benzene rings is 2. The van der Waals surface area contributed by atoms with Gasteiger partial charge in [-0.25, -0.2) is 14.8 Å². The number of aromatic nitrogens is 4. The van der Waals surface area contributed by atoms with Crippen molar-refractivity contribution in [2.24, 2.45) is 14.1 Å². The Balaban J connectivity index is 1.34. The number of rotatable bonds is 8. The van der Waals surface area contributed by atoms with Gasteiger partial charge in [-0.05, 0) is 31.5 Å². The van der Waals surface area contributed by atoms with E-state index in [2.05, 4.69) is 15.6 Å². The van der Waals surface area contributed by atoms with Crippen LogP contribution in [0.3, 0.4) is 0 Å². The van der Waals surface area contributed by atoms with Gasteiger partial charge in [0.1, 0.15) is 11.2 Å². The minimum atomic E-state index is -0.570. The lowest BCUT2D eigenvalue weighted by atomic mass is 10.00. The summed E-state index contributed by atoms with van der Waals surface area (Å²) < 4.78 is 13.4. The number of nitrogens with one attached hydrogen (secondary N) is 2. The molecule has 1 saturated heterocycles. The second kappa shape index (κ2) is 13.5. The molecule has 0 bridgehead atoms. The Labute approximate surface area is 280 Å². The van der Waals surface area contributed by atoms with E-state index in [9.17, 15) is 14.7 Å². The van der Waals surface area contributed by atoms with Crippen LogP contribution in [0.2, 0.25) is 10.0 Å². The van der Waals surface area contributed by atoms with Crippen molar-refractivity contribution in [3.05, 3.63) is 96.7 Å².